The fourth-order valence-corrected chi connectivity index (χ4v) is 3.13. The first kappa shape index (κ1) is 14.7. The molecule has 24 heavy (non-hydrogen) atoms. The summed E-state index contributed by atoms with van der Waals surface area (Å²) in [5.41, 5.74) is 4.66. The maximum atomic E-state index is 4.60. The van der Waals surface area contributed by atoms with Gasteiger partial charge in [0.05, 0.1) is 17.9 Å². The molecule has 0 unspecified atom stereocenters. The second-order valence-corrected chi connectivity index (χ2v) is 5.95. The number of nitrogens with one attached hydrogen (secondary N) is 3. The Labute approximate surface area is 141 Å². The summed E-state index contributed by atoms with van der Waals surface area (Å²) in [6, 6.07) is 18.8. The number of para-hydroxylation sites is 1. The molecule has 0 bridgehead atoms. The summed E-state index contributed by atoms with van der Waals surface area (Å²) in [5, 5.41) is 4.65. The van der Waals surface area contributed by atoms with Crippen LogP contribution in [-0.2, 0) is 6.42 Å². The summed E-state index contributed by atoms with van der Waals surface area (Å²) in [6.07, 6.45) is 4.88. The van der Waals surface area contributed by atoms with Crippen molar-refractivity contribution in [1.82, 2.24) is 20.3 Å². The normalized spacial score (nSPS) is 12.5. The van der Waals surface area contributed by atoms with E-state index in [0.29, 0.717) is 0 Å². The molecule has 0 saturated heterocycles. The van der Waals surface area contributed by atoms with E-state index in [0.717, 1.165) is 23.5 Å². The number of rotatable bonds is 5. The van der Waals surface area contributed by atoms with Crippen molar-refractivity contribution < 1.29 is 0 Å². The summed E-state index contributed by atoms with van der Waals surface area (Å²) < 4.78 is 0. The lowest BCUT2D eigenvalue weighted by Gasteiger charge is -2.13. The van der Waals surface area contributed by atoms with Gasteiger partial charge >= 0.3 is 0 Å². The third-order valence-electron chi connectivity index (χ3n) is 4.46. The summed E-state index contributed by atoms with van der Waals surface area (Å²) in [6.45, 7) is 0. The molecule has 2 heterocycles. The van der Waals surface area contributed by atoms with Crippen molar-refractivity contribution in [3.05, 3.63) is 78.4 Å². The van der Waals surface area contributed by atoms with Crippen LogP contribution >= 0.6 is 0 Å². The van der Waals surface area contributed by atoms with Gasteiger partial charge in [0, 0.05) is 17.1 Å². The Balaban J connectivity index is 1.61. The third-order valence-corrected chi connectivity index (χ3v) is 4.46. The highest BCUT2D eigenvalue weighted by molar-refractivity contribution is 5.83. The number of fused-ring (bicyclic) bond motifs is 1. The van der Waals surface area contributed by atoms with E-state index in [9.17, 15) is 0 Å². The van der Waals surface area contributed by atoms with E-state index in [1.165, 1.54) is 16.5 Å². The maximum Gasteiger partial charge on any atom is 0.124 e. The fourth-order valence-electron chi connectivity index (χ4n) is 3.13. The smallest absolute Gasteiger partial charge is 0.124 e. The monoisotopic (exact) mass is 316 g/mol. The van der Waals surface area contributed by atoms with Crippen LogP contribution in [0.2, 0.25) is 0 Å². The molecule has 2 aromatic heterocycles. The van der Waals surface area contributed by atoms with Gasteiger partial charge in [-0.2, -0.15) is 0 Å². The lowest BCUT2D eigenvalue weighted by molar-refractivity contribution is 0.565. The molecule has 0 fully saturated rings. The minimum absolute atomic E-state index is 0.140. The number of nitrogens with zero attached hydrogens (tertiary/aromatic N) is 1. The predicted octanol–water partition coefficient (Wildman–Crippen LogP) is 4.06. The molecule has 0 spiro atoms. The molecule has 0 saturated carbocycles. The van der Waals surface area contributed by atoms with Crippen LogP contribution in [0, 0.1) is 0 Å². The quantitative estimate of drug-likeness (QED) is 0.520. The van der Waals surface area contributed by atoms with E-state index >= 15 is 0 Å². The Kier molecular flexibility index (Phi) is 3.89. The number of aromatic amines is 2. The SMILES string of the molecule is CN[C@H](Cc1c[nH]c2ccccc12)c1ncc(-c2ccccc2)[nH]1. The molecule has 0 aliphatic rings. The molecule has 4 nitrogen and oxygen atoms in total. The number of H-pyrrole nitrogens is 2. The van der Waals surface area contributed by atoms with E-state index in [-0.39, 0.29) is 6.04 Å². The van der Waals surface area contributed by atoms with Gasteiger partial charge in [-0.15, -0.1) is 0 Å². The van der Waals surface area contributed by atoms with Crippen LogP contribution in [-0.4, -0.2) is 22.0 Å². The van der Waals surface area contributed by atoms with Gasteiger partial charge in [-0.1, -0.05) is 48.5 Å². The minimum atomic E-state index is 0.140. The summed E-state index contributed by atoms with van der Waals surface area (Å²) in [4.78, 5) is 11.4. The molecule has 4 aromatic rings. The molecule has 4 heteroatoms. The number of imidazole rings is 1. The lowest BCUT2D eigenvalue weighted by Crippen LogP contribution is -2.20. The molecule has 0 aliphatic heterocycles. The van der Waals surface area contributed by atoms with E-state index in [1.54, 1.807) is 0 Å². The van der Waals surface area contributed by atoms with Crippen LogP contribution < -0.4 is 5.32 Å². The Morgan fingerprint density at radius 2 is 1.83 bits per heavy atom. The molecule has 0 aliphatic carbocycles. The van der Waals surface area contributed by atoms with Gasteiger partial charge in [-0.3, -0.25) is 0 Å². The van der Waals surface area contributed by atoms with E-state index in [1.807, 2.05) is 31.4 Å². The largest absolute Gasteiger partial charge is 0.361 e. The zero-order chi connectivity index (χ0) is 16.4. The zero-order valence-corrected chi connectivity index (χ0v) is 13.6. The van der Waals surface area contributed by atoms with E-state index in [2.05, 4.69) is 62.9 Å². The summed E-state index contributed by atoms with van der Waals surface area (Å²) in [7, 11) is 1.98. The van der Waals surface area contributed by atoms with Crippen molar-refractivity contribution in [2.45, 2.75) is 12.5 Å². The summed E-state index contributed by atoms with van der Waals surface area (Å²) >= 11 is 0. The maximum absolute atomic E-state index is 4.60. The van der Waals surface area contributed by atoms with Crippen molar-refractivity contribution in [3.8, 4) is 11.3 Å². The average Bonchev–Trinajstić information content (AvgIpc) is 3.28. The molecule has 4 rings (SSSR count). The first-order chi connectivity index (χ1) is 11.8. The average molecular weight is 316 g/mol. The highest BCUT2D eigenvalue weighted by Gasteiger charge is 2.16. The van der Waals surface area contributed by atoms with Gasteiger partial charge in [-0.05, 0) is 30.7 Å². The predicted molar refractivity (Wildman–Crippen MR) is 97.8 cm³/mol. The number of likely N-dealkylation sites (N-methyl/N-ethyl adjacent to an activating group) is 1. The highest BCUT2D eigenvalue weighted by atomic mass is 15.0. The fraction of sp³-hybridized carbons (Fsp3) is 0.150. The van der Waals surface area contributed by atoms with Crippen molar-refractivity contribution in [2.75, 3.05) is 7.05 Å². The van der Waals surface area contributed by atoms with Gasteiger partial charge in [0.1, 0.15) is 5.82 Å². The van der Waals surface area contributed by atoms with Gasteiger partial charge in [-0.25, -0.2) is 4.98 Å². The molecule has 0 radical (unpaired) electrons. The Morgan fingerprint density at radius 3 is 2.67 bits per heavy atom. The topological polar surface area (TPSA) is 56.5 Å². The van der Waals surface area contributed by atoms with Crippen molar-refractivity contribution >= 4 is 10.9 Å². The first-order valence-corrected chi connectivity index (χ1v) is 8.18. The van der Waals surface area contributed by atoms with Crippen LogP contribution in [0.25, 0.3) is 22.2 Å². The molecule has 0 amide bonds. The van der Waals surface area contributed by atoms with Crippen LogP contribution in [0.15, 0.2) is 67.0 Å². The lowest BCUT2D eigenvalue weighted by atomic mass is 10.0. The van der Waals surface area contributed by atoms with Crippen LogP contribution in [0.1, 0.15) is 17.4 Å². The molecule has 120 valence electrons. The Hall–Kier alpha value is -2.85. The van der Waals surface area contributed by atoms with E-state index < -0.39 is 0 Å². The second kappa shape index (κ2) is 6.34. The Bertz CT molecular complexity index is 936. The van der Waals surface area contributed by atoms with Crippen LogP contribution in [0.3, 0.4) is 0 Å². The molecule has 3 N–H and O–H groups in total. The number of hydrogen-bond donors (Lipinski definition) is 3. The van der Waals surface area contributed by atoms with Gasteiger partial charge in [0.25, 0.3) is 0 Å². The molecular formula is C20H20N4. The van der Waals surface area contributed by atoms with Crippen LogP contribution in [0.4, 0.5) is 0 Å². The van der Waals surface area contributed by atoms with Gasteiger partial charge in [0.15, 0.2) is 0 Å². The number of hydrogen-bond acceptors (Lipinski definition) is 2. The van der Waals surface area contributed by atoms with Crippen molar-refractivity contribution in [1.29, 1.82) is 0 Å². The van der Waals surface area contributed by atoms with Gasteiger partial charge in [0.2, 0.25) is 0 Å². The van der Waals surface area contributed by atoms with Gasteiger partial charge < -0.3 is 15.3 Å². The minimum Gasteiger partial charge on any atom is -0.361 e. The summed E-state index contributed by atoms with van der Waals surface area (Å²) in [5.74, 6) is 0.960. The standard InChI is InChI=1S/C20H20N4/c1-21-18(11-15-12-22-17-10-6-5-9-16(15)17)20-23-13-19(24-20)14-7-3-2-4-8-14/h2-10,12-13,18,21-22H,11H2,1H3,(H,23,24)/t18-/m1/s1. The zero-order valence-electron chi connectivity index (χ0n) is 13.6. The molecular weight excluding hydrogens is 296 g/mol. The number of benzene rings is 2. The second-order valence-electron chi connectivity index (χ2n) is 5.95. The van der Waals surface area contributed by atoms with Crippen LogP contribution in [0.5, 0.6) is 0 Å². The third kappa shape index (κ3) is 2.72. The number of aromatic nitrogens is 3. The molecule has 2 aromatic carbocycles. The Morgan fingerprint density at radius 1 is 1.04 bits per heavy atom. The van der Waals surface area contributed by atoms with Crippen molar-refractivity contribution in [3.63, 3.8) is 0 Å². The first-order valence-electron chi connectivity index (χ1n) is 8.18. The van der Waals surface area contributed by atoms with E-state index in [4.69, 9.17) is 0 Å². The highest BCUT2D eigenvalue weighted by Crippen LogP contribution is 2.25. The molecule has 1 atom stereocenters. The van der Waals surface area contributed by atoms with Crippen molar-refractivity contribution in [2.24, 2.45) is 0 Å².